The summed E-state index contributed by atoms with van der Waals surface area (Å²) in [5.74, 6) is 0. The van der Waals surface area contributed by atoms with Crippen LogP contribution >= 0.6 is 34.5 Å². The number of nitrogens with zero attached hydrogens (tertiary/aromatic N) is 3. The summed E-state index contributed by atoms with van der Waals surface area (Å²) in [6, 6.07) is 3.47. The van der Waals surface area contributed by atoms with Crippen molar-refractivity contribution in [1.82, 2.24) is 14.7 Å². The van der Waals surface area contributed by atoms with Crippen LogP contribution in [0.25, 0.3) is 0 Å². The summed E-state index contributed by atoms with van der Waals surface area (Å²) in [5.41, 5.74) is 7.11. The highest BCUT2D eigenvalue weighted by Crippen LogP contribution is 2.32. The summed E-state index contributed by atoms with van der Waals surface area (Å²) in [7, 11) is 4.04. The molecule has 0 spiro atoms. The van der Waals surface area contributed by atoms with Gasteiger partial charge in [0.15, 0.2) is 0 Å². The first kappa shape index (κ1) is 14.8. The zero-order valence-electron chi connectivity index (χ0n) is 10.8. The number of halogens is 2. The lowest BCUT2D eigenvalue weighted by Crippen LogP contribution is -2.23. The van der Waals surface area contributed by atoms with Crippen LogP contribution in [-0.4, -0.2) is 35.3 Å². The number of rotatable bonds is 5. The van der Waals surface area contributed by atoms with Gasteiger partial charge in [-0.05, 0) is 26.2 Å². The molecule has 7 heteroatoms. The lowest BCUT2D eigenvalue weighted by molar-refractivity contribution is 0.368. The summed E-state index contributed by atoms with van der Waals surface area (Å²) in [6.07, 6.45) is 1.64. The van der Waals surface area contributed by atoms with E-state index in [0.717, 1.165) is 28.0 Å². The van der Waals surface area contributed by atoms with Gasteiger partial charge in [-0.3, -0.25) is 4.68 Å². The third-order valence-corrected chi connectivity index (χ3v) is 4.39. The van der Waals surface area contributed by atoms with Crippen LogP contribution in [0.3, 0.4) is 0 Å². The number of thiophene rings is 1. The molecule has 0 amide bonds. The molecule has 19 heavy (non-hydrogen) atoms. The zero-order valence-corrected chi connectivity index (χ0v) is 13.1. The predicted molar refractivity (Wildman–Crippen MR) is 81.2 cm³/mol. The van der Waals surface area contributed by atoms with Crippen LogP contribution in [-0.2, 0) is 6.54 Å². The molecule has 1 unspecified atom stereocenters. The molecule has 2 aromatic rings. The Morgan fingerprint density at radius 1 is 1.42 bits per heavy atom. The quantitative estimate of drug-likeness (QED) is 0.922. The van der Waals surface area contributed by atoms with E-state index in [1.54, 1.807) is 6.20 Å². The van der Waals surface area contributed by atoms with Gasteiger partial charge in [-0.25, -0.2) is 0 Å². The van der Waals surface area contributed by atoms with E-state index in [1.165, 1.54) is 11.3 Å². The fourth-order valence-electron chi connectivity index (χ4n) is 1.78. The van der Waals surface area contributed by atoms with Gasteiger partial charge < -0.3 is 10.6 Å². The maximum absolute atomic E-state index is 6.27. The van der Waals surface area contributed by atoms with Crippen LogP contribution in [0.2, 0.25) is 9.36 Å². The molecule has 0 saturated carbocycles. The van der Waals surface area contributed by atoms with Crippen molar-refractivity contribution in [2.75, 3.05) is 20.6 Å². The molecule has 2 aromatic heterocycles. The largest absolute Gasteiger partial charge is 0.318 e. The van der Waals surface area contributed by atoms with E-state index in [1.807, 2.05) is 30.9 Å². The molecular weight excluding hydrogens is 303 g/mol. The van der Waals surface area contributed by atoms with E-state index < -0.39 is 0 Å². The van der Waals surface area contributed by atoms with Crippen LogP contribution in [0.4, 0.5) is 0 Å². The van der Waals surface area contributed by atoms with Gasteiger partial charge >= 0.3 is 0 Å². The van der Waals surface area contributed by atoms with E-state index in [9.17, 15) is 0 Å². The summed E-state index contributed by atoms with van der Waals surface area (Å²) in [6.45, 7) is 1.63. The van der Waals surface area contributed by atoms with Crippen LogP contribution in [0.1, 0.15) is 16.6 Å². The minimum Gasteiger partial charge on any atom is -0.318 e. The molecule has 0 radical (unpaired) electrons. The highest BCUT2D eigenvalue weighted by atomic mass is 35.5. The van der Waals surface area contributed by atoms with Gasteiger partial charge in [-0.2, -0.15) is 5.10 Å². The van der Waals surface area contributed by atoms with E-state index >= 15 is 0 Å². The molecule has 2 N–H and O–H groups in total. The zero-order chi connectivity index (χ0) is 14.0. The van der Waals surface area contributed by atoms with Crippen molar-refractivity contribution >= 4 is 34.5 Å². The van der Waals surface area contributed by atoms with Crippen molar-refractivity contribution in [2.24, 2.45) is 5.73 Å². The highest BCUT2D eigenvalue weighted by Gasteiger charge is 2.20. The smallest absolute Gasteiger partial charge is 0.0931 e. The van der Waals surface area contributed by atoms with Gasteiger partial charge in [-0.1, -0.05) is 23.2 Å². The van der Waals surface area contributed by atoms with Crippen molar-refractivity contribution in [2.45, 2.75) is 12.6 Å². The normalized spacial score (nSPS) is 13.2. The second kappa shape index (κ2) is 6.24. The lowest BCUT2D eigenvalue weighted by atomic mass is 10.2. The molecule has 0 aromatic carbocycles. The Bertz CT molecular complexity index is 550. The minimum atomic E-state index is -0.297. The average Bonchev–Trinajstić information content (AvgIpc) is 2.92. The molecule has 4 nitrogen and oxygen atoms in total. The third kappa shape index (κ3) is 3.49. The molecule has 0 aliphatic heterocycles. The maximum atomic E-state index is 6.27. The predicted octanol–water partition coefficient (Wildman–Crippen LogP) is 2.86. The third-order valence-electron chi connectivity index (χ3n) is 2.79. The SMILES string of the molecule is CN(C)CCn1ncc(Cl)c1C(N)c1ccc(Cl)s1. The van der Waals surface area contributed by atoms with Gasteiger partial charge in [-0.15, -0.1) is 11.3 Å². The summed E-state index contributed by atoms with van der Waals surface area (Å²) < 4.78 is 2.58. The van der Waals surface area contributed by atoms with Gasteiger partial charge in [0.25, 0.3) is 0 Å². The molecule has 0 aliphatic rings. The van der Waals surface area contributed by atoms with E-state index in [4.69, 9.17) is 28.9 Å². The highest BCUT2D eigenvalue weighted by molar-refractivity contribution is 7.16. The molecule has 2 rings (SSSR count). The fraction of sp³-hybridized carbons (Fsp3) is 0.417. The molecule has 2 heterocycles. The average molecular weight is 319 g/mol. The number of hydrogen-bond acceptors (Lipinski definition) is 4. The first-order valence-electron chi connectivity index (χ1n) is 5.85. The van der Waals surface area contributed by atoms with Crippen molar-refractivity contribution in [1.29, 1.82) is 0 Å². The van der Waals surface area contributed by atoms with Gasteiger partial charge in [0, 0.05) is 11.4 Å². The molecule has 1 atom stereocenters. The number of nitrogens with two attached hydrogens (primary N) is 1. The Labute approximate surface area is 126 Å². The molecule has 0 fully saturated rings. The Morgan fingerprint density at radius 2 is 2.16 bits per heavy atom. The summed E-state index contributed by atoms with van der Waals surface area (Å²) >= 11 is 13.6. The Kier molecular flexibility index (Phi) is 4.86. The molecule has 0 bridgehead atoms. The van der Waals surface area contributed by atoms with Crippen molar-refractivity contribution in [3.8, 4) is 0 Å². The van der Waals surface area contributed by atoms with Gasteiger partial charge in [0.1, 0.15) is 0 Å². The topological polar surface area (TPSA) is 47.1 Å². The Morgan fingerprint density at radius 3 is 2.74 bits per heavy atom. The second-order valence-electron chi connectivity index (χ2n) is 4.52. The van der Waals surface area contributed by atoms with Crippen LogP contribution < -0.4 is 5.73 Å². The van der Waals surface area contributed by atoms with Gasteiger partial charge in [0.2, 0.25) is 0 Å². The standard InChI is InChI=1S/C12H16Cl2N4S/c1-17(2)5-6-18-12(8(13)7-16-18)11(15)9-3-4-10(14)19-9/h3-4,7,11H,5-6,15H2,1-2H3. The Hall–Kier alpha value is -0.590. The molecule has 104 valence electrons. The fourth-order valence-corrected chi connectivity index (χ4v) is 3.11. The Balaban J connectivity index is 2.25. The first-order valence-corrected chi connectivity index (χ1v) is 7.43. The number of likely N-dealkylation sites (N-methyl/N-ethyl adjacent to an activating group) is 1. The molecule has 0 saturated heterocycles. The molecule has 0 aliphatic carbocycles. The van der Waals surface area contributed by atoms with Crippen molar-refractivity contribution in [3.63, 3.8) is 0 Å². The van der Waals surface area contributed by atoms with Crippen LogP contribution in [0.15, 0.2) is 18.3 Å². The van der Waals surface area contributed by atoms with Crippen LogP contribution in [0, 0.1) is 0 Å². The maximum Gasteiger partial charge on any atom is 0.0931 e. The monoisotopic (exact) mass is 318 g/mol. The van der Waals surface area contributed by atoms with Crippen LogP contribution in [0.5, 0.6) is 0 Å². The molecular formula is C12H16Cl2N4S. The van der Waals surface area contributed by atoms with Gasteiger partial charge in [0.05, 0.1) is 33.8 Å². The second-order valence-corrected chi connectivity index (χ2v) is 6.68. The minimum absolute atomic E-state index is 0.297. The van der Waals surface area contributed by atoms with Crippen molar-refractivity contribution in [3.05, 3.63) is 38.3 Å². The lowest BCUT2D eigenvalue weighted by Gasteiger charge is -2.15. The van der Waals surface area contributed by atoms with Crippen molar-refractivity contribution < 1.29 is 0 Å². The number of aromatic nitrogens is 2. The first-order chi connectivity index (χ1) is 8.99. The van der Waals surface area contributed by atoms with E-state index in [-0.39, 0.29) is 6.04 Å². The van der Waals surface area contributed by atoms with E-state index in [0.29, 0.717) is 5.02 Å². The van der Waals surface area contributed by atoms with E-state index in [2.05, 4.69) is 10.00 Å². The summed E-state index contributed by atoms with van der Waals surface area (Å²) in [5, 5.41) is 4.88. The number of hydrogen-bond donors (Lipinski definition) is 1. The summed E-state index contributed by atoms with van der Waals surface area (Å²) in [4.78, 5) is 3.07.